The molecule has 0 aromatic carbocycles. The molecule has 0 radical (unpaired) electrons. The average Bonchev–Trinajstić information content (AvgIpc) is 3.26. The molecule has 2 saturated heterocycles. The van der Waals surface area contributed by atoms with E-state index in [1.165, 1.54) is 4.90 Å². The Labute approximate surface area is 137 Å². The van der Waals surface area contributed by atoms with E-state index in [1.807, 2.05) is 17.5 Å². The SMILES string of the molecule is O=C1NC2(CCNCC2)C(=O)N1Cc1cn[nH]c1-c1cccs1. The van der Waals surface area contributed by atoms with Gasteiger partial charge in [-0.2, -0.15) is 5.10 Å². The normalized spacial score (nSPS) is 20.3. The van der Waals surface area contributed by atoms with E-state index < -0.39 is 5.54 Å². The predicted molar refractivity (Wildman–Crippen MR) is 85.8 cm³/mol. The van der Waals surface area contributed by atoms with Crippen molar-refractivity contribution in [2.45, 2.75) is 24.9 Å². The molecule has 4 rings (SSSR count). The maximum Gasteiger partial charge on any atom is 0.325 e. The molecular weight excluding hydrogens is 314 g/mol. The molecule has 2 aromatic heterocycles. The van der Waals surface area contributed by atoms with E-state index in [9.17, 15) is 9.59 Å². The maximum atomic E-state index is 12.8. The topological polar surface area (TPSA) is 90.1 Å². The van der Waals surface area contributed by atoms with Crippen LogP contribution in [-0.2, 0) is 11.3 Å². The van der Waals surface area contributed by atoms with Crippen molar-refractivity contribution in [2.24, 2.45) is 0 Å². The zero-order valence-corrected chi connectivity index (χ0v) is 13.3. The number of amides is 3. The molecule has 7 nitrogen and oxygen atoms in total. The van der Waals surface area contributed by atoms with E-state index in [4.69, 9.17) is 0 Å². The number of carbonyl (C=O) groups is 2. The van der Waals surface area contributed by atoms with E-state index in [0.29, 0.717) is 12.8 Å². The summed E-state index contributed by atoms with van der Waals surface area (Å²) in [5.74, 6) is -0.123. The van der Waals surface area contributed by atoms with Crippen LogP contribution in [0.1, 0.15) is 18.4 Å². The van der Waals surface area contributed by atoms with Gasteiger partial charge in [0.2, 0.25) is 0 Å². The first-order valence-electron chi connectivity index (χ1n) is 7.61. The lowest BCUT2D eigenvalue weighted by Crippen LogP contribution is -2.53. The number of hydrogen-bond acceptors (Lipinski definition) is 5. The Kier molecular flexibility index (Phi) is 3.42. The molecule has 23 heavy (non-hydrogen) atoms. The molecule has 0 aliphatic carbocycles. The van der Waals surface area contributed by atoms with E-state index >= 15 is 0 Å². The van der Waals surface area contributed by atoms with Crippen LogP contribution in [0, 0.1) is 0 Å². The molecule has 8 heteroatoms. The molecule has 2 aliphatic rings. The van der Waals surface area contributed by atoms with Gasteiger partial charge in [0, 0.05) is 5.56 Å². The summed E-state index contributed by atoms with van der Waals surface area (Å²) in [6.45, 7) is 1.72. The fourth-order valence-electron chi connectivity index (χ4n) is 3.25. The monoisotopic (exact) mass is 331 g/mol. The van der Waals surface area contributed by atoms with Gasteiger partial charge in [-0.3, -0.25) is 14.8 Å². The molecule has 2 aliphatic heterocycles. The molecule has 4 heterocycles. The minimum Gasteiger partial charge on any atom is -0.323 e. The number of imide groups is 1. The number of rotatable bonds is 3. The summed E-state index contributed by atoms with van der Waals surface area (Å²) >= 11 is 1.59. The zero-order valence-electron chi connectivity index (χ0n) is 12.5. The molecule has 0 saturated carbocycles. The third kappa shape index (κ3) is 2.34. The molecular formula is C15H17N5O2S. The number of nitrogens with one attached hydrogen (secondary N) is 3. The standard InChI is InChI=1S/C15H17N5O2S/c21-13-15(3-5-16-6-4-15)18-14(22)20(13)9-10-8-17-19-12(10)11-2-1-7-23-11/h1-2,7-8,16H,3-6,9H2,(H,17,19)(H,18,22). The lowest BCUT2D eigenvalue weighted by atomic mass is 9.88. The Morgan fingerprint density at radius 1 is 1.30 bits per heavy atom. The highest BCUT2D eigenvalue weighted by Gasteiger charge is 2.51. The summed E-state index contributed by atoms with van der Waals surface area (Å²) in [5, 5.41) is 15.2. The van der Waals surface area contributed by atoms with E-state index in [2.05, 4.69) is 20.8 Å². The van der Waals surface area contributed by atoms with Gasteiger partial charge in [-0.15, -0.1) is 11.3 Å². The Hall–Kier alpha value is -2.19. The van der Waals surface area contributed by atoms with Crippen molar-refractivity contribution in [3.05, 3.63) is 29.3 Å². The van der Waals surface area contributed by atoms with Gasteiger partial charge in [-0.05, 0) is 37.4 Å². The highest BCUT2D eigenvalue weighted by molar-refractivity contribution is 7.13. The zero-order chi connectivity index (χ0) is 15.9. The van der Waals surface area contributed by atoms with Gasteiger partial charge in [0.15, 0.2) is 0 Å². The number of urea groups is 1. The minimum absolute atomic E-state index is 0.123. The second kappa shape index (κ2) is 5.47. The third-order valence-electron chi connectivity index (χ3n) is 4.52. The van der Waals surface area contributed by atoms with Crippen LogP contribution in [0.5, 0.6) is 0 Å². The number of hydrogen-bond donors (Lipinski definition) is 3. The second-order valence-corrected chi connectivity index (χ2v) is 6.85. The highest BCUT2D eigenvalue weighted by atomic mass is 32.1. The van der Waals surface area contributed by atoms with Gasteiger partial charge in [0.1, 0.15) is 5.54 Å². The van der Waals surface area contributed by atoms with Gasteiger partial charge in [-0.1, -0.05) is 6.07 Å². The van der Waals surface area contributed by atoms with Crippen LogP contribution in [0.25, 0.3) is 10.6 Å². The Balaban J connectivity index is 1.59. The molecule has 2 fully saturated rings. The molecule has 120 valence electrons. The van der Waals surface area contributed by atoms with Gasteiger partial charge < -0.3 is 10.6 Å². The van der Waals surface area contributed by atoms with Crippen LogP contribution in [0.3, 0.4) is 0 Å². The lowest BCUT2D eigenvalue weighted by Gasteiger charge is -2.31. The number of piperidine rings is 1. The van der Waals surface area contributed by atoms with Crippen LogP contribution in [0.4, 0.5) is 4.79 Å². The molecule has 1 spiro atoms. The van der Waals surface area contributed by atoms with Crippen LogP contribution in [0.2, 0.25) is 0 Å². The second-order valence-electron chi connectivity index (χ2n) is 5.90. The molecule has 0 atom stereocenters. The van der Waals surface area contributed by atoms with Gasteiger partial charge in [-0.25, -0.2) is 4.79 Å². The summed E-state index contributed by atoms with van der Waals surface area (Å²) in [6, 6.07) is 3.64. The largest absolute Gasteiger partial charge is 0.325 e. The number of aromatic nitrogens is 2. The number of aromatic amines is 1. The first kappa shape index (κ1) is 14.4. The smallest absolute Gasteiger partial charge is 0.323 e. The fraction of sp³-hybridized carbons (Fsp3) is 0.400. The Bertz CT molecular complexity index is 733. The molecule has 3 N–H and O–H groups in total. The Morgan fingerprint density at radius 3 is 2.87 bits per heavy atom. The van der Waals surface area contributed by atoms with Crippen molar-refractivity contribution < 1.29 is 9.59 Å². The first-order valence-corrected chi connectivity index (χ1v) is 8.48. The molecule has 0 bridgehead atoms. The summed E-state index contributed by atoms with van der Waals surface area (Å²) in [7, 11) is 0. The third-order valence-corrected chi connectivity index (χ3v) is 5.40. The summed E-state index contributed by atoms with van der Waals surface area (Å²) < 4.78 is 0. The molecule has 2 aromatic rings. The van der Waals surface area contributed by atoms with Crippen molar-refractivity contribution in [3.8, 4) is 10.6 Å². The number of carbonyl (C=O) groups excluding carboxylic acids is 2. The van der Waals surface area contributed by atoms with E-state index in [1.54, 1.807) is 17.5 Å². The van der Waals surface area contributed by atoms with Gasteiger partial charge >= 0.3 is 6.03 Å². The fourth-order valence-corrected chi connectivity index (χ4v) is 4.00. The number of nitrogens with zero attached hydrogens (tertiary/aromatic N) is 2. The predicted octanol–water partition coefficient (Wildman–Crippen LogP) is 1.31. The molecule has 3 amide bonds. The van der Waals surface area contributed by atoms with Crippen LogP contribution in [0.15, 0.2) is 23.7 Å². The molecule has 0 unspecified atom stereocenters. The lowest BCUT2D eigenvalue weighted by molar-refractivity contribution is -0.132. The Morgan fingerprint density at radius 2 is 2.13 bits per heavy atom. The summed E-state index contributed by atoms with van der Waals surface area (Å²) in [5.41, 5.74) is 0.989. The van der Waals surface area contributed by atoms with Crippen molar-refractivity contribution in [3.63, 3.8) is 0 Å². The van der Waals surface area contributed by atoms with E-state index in [0.717, 1.165) is 29.2 Å². The van der Waals surface area contributed by atoms with Gasteiger partial charge in [0.05, 0.1) is 23.3 Å². The van der Waals surface area contributed by atoms with Crippen molar-refractivity contribution in [2.75, 3.05) is 13.1 Å². The summed E-state index contributed by atoms with van der Waals surface area (Å²) in [6.07, 6.45) is 2.96. The number of H-pyrrole nitrogens is 1. The number of thiophene rings is 1. The van der Waals surface area contributed by atoms with Crippen molar-refractivity contribution >= 4 is 23.3 Å². The minimum atomic E-state index is -0.727. The first-order chi connectivity index (χ1) is 11.2. The highest BCUT2D eigenvalue weighted by Crippen LogP contribution is 2.31. The quantitative estimate of drug-likeness (QED) is 0.740. The van der Waals surface area contributed by atoms with Crippen molar-refractivity contribution in [1.29, 1.82) is 0 Å². The maximum absolute atomic E-state index is 12.8. The van der Waals surface area contributed by atoms with Gasteiger partial charge in [0.25, 0.3) is 5.91 Å². The van der Waals surface area contributed by atoms with Crippen LogP contribution < -0.4 is 10.6 Å². The van der Waals surface area contributed by atoms with Crippen LogP contribution in [-0.4, -0.2) is 45.7 Å². The summed E-state index contributed by atoms with van der Waals surface area (Å²) in [4.78, 5) is 27.5. The van der Waals surface area contributed by atoms with E-state index in [-0.39, 0.29) is 18.5 Å². The average molecular weight is 331 g/mol. The van der Waals surface area contributed by atoms with Crippen molar-refractivity contribution in [1.82, 2.24) is 25.7 Å². The van der Waals surface area contributed by atoms with Crippen LogP contribution >= 0.6 is 11.3 Å².